The van der Waals surface area contributed by atoms with Gasteiger partial charge >= 0.3 is 0 Å². The van der Waals surface area contributed by atoms with Crippen molar-refractivity contribution in [2.24, 2.45) is 0 Å². The first-order valence-corrected chi connectivity index (χ1v) is 6.91. The summed E-state index contributed by atoms with van der Waals surface area (Å²) in [6, 6.07) is 0. The molecule has 0 unspecified atom stereocenters. The Balaban J connectivity index is 2.79. The summed E-state index contributed by atoms with van der Waals surface area (Å²) >= 11 is 6.15. The summed E-state index contributed by atoms with van der Waals surface area (Å²) in [7, 11) is 4.09. The Kier molecular flexibility index (Phi) is 5.56. The van der Waals surface area contributed by atoms with Crippen LogP contribution in [0.1, 0.15) is 38.6 Å². The maximum Gasteiger partial charge on any atom is 0.221 e. The van der Waals surface area contributed by atoms with Gasteiger partial charge in [0.25, 0.3) is 0 Å². The zero-order chi connectivity index (χ0) is 14.6. The third-order valence-electron chi connectivity index (χ3n) is 2.70. The Hall–Kier alpha value is -0.870. The van der Waals surface area contributed by atoms with Gasteiger partial charge in [0.1, 0.15) is 11.0 Å². The van der Waals surface area contributed by atoms with Crippen LogP contribution >= 0.6 is 11.6 Å². The molecule has 0 saturated carbocycles. The van der Waals surface area contributed by atoms with Crippen LogP contribution in [0.4, 0.5) is 0 Å². The van der Waals surface area contributed by atoms with E-state index in [1.54, 1.807) is 0 Å². The molecule has 0 saturated heterocycles. The van der Waals surface area contributed by atoms with Crippen molar-refractivity contribution in [3.05, 3.63) is 16.5 Å². The van der Waals surface area contributed by atoms with Gasteiger partial charge in [-0.1, -0.05) is 32.4 Å². The molecule has 0 aliphatic rings. The van der Waals surface area contributed by atoms with Crippen LogP contribution in [0.3, 0.4) is 0 Å². The summed E-state index contributed by atoms with van der Waals surface area (Å²) < 4.78 is 5.74. The van der Waals surface area contributed by atoms with Gasteiger partial charge in [-0.05, 0) is 27.4 Å². The standard InChI is InChI=1S/C14H24ClN3O/c1-10-11(15)16-13(14(2,3)4)17-12(10)19-9-7-8-18(5)6/h7-9H2,1-6H3. The first-order valence-electron chi connectivity index (χ1n) is 6.54. The van der Waals surface area contributed by atoms with Crippen molar-refractivity contribution in [1.82, 2.24) is 14.9 Å². The normalized spacial score (nSPS) is 12.0. The molecular formula is C14H24ClN3O. The number of hydrogen-bond donors (Lipinski definition) is 0. The molecule has 1 rings (SSSR count). The molecule has 0 radical (unpaired) electrons. The van der Waals surface area contributed by atoms with Crippen LogP contribution in [0, 0.1) is 6.92 Å². The molecule has 0 N–H and O–H groups in total. The molecule has 1 aromatic rings. The topological polar surface area (TPSA) is 38.3 Å². The summed E-state index contributed by atoms with van der Waals surface area (Å²) in [6.45, 7) is 9.69. The highest BCUT2D eigenvalue weighted by molar-refractivity contribution is 6.30. The summed E-state index contributed by atoms with van der Waals surface area (Å²) in [5.41, 5.74) is 0.665. The summed E-state index contributed by atoms with van der Waals surface area (Å²) in [4.78, 5) is 10.9. The van der Waals surface area contributed by atoms with E-state index in [1.807, 2.05) is 21.0 Å². The highest BCUT2D eigenvalue weighted by Crippen LogP contribution is 2.27. The lowest BCUT2D eigenvalue weighted by Gasteiger charge is -2.19. The fourth-order valence-corrected chi connectivity index (χ4v) is 1.66. The molecule has 0 bridgehead atoms. The lowest BCUT2D eigenvalue weighted by Crippen LogP contribution is -2.19. The molecule has 1 aromatic heterocycles. The lowest BCUT2D eigenvalue weighted by molar-refractivity contribution is 0.269. The SMILES string of the molecule is Cc1c(Cl)nc(C(C)(C)C)nc1OCCCN(C)C. The largest absolute Gasteiger partial charge is 0.477 e. The second-order valence-electron chi connectivity index (χ2n) is 6.02. The van der Waals surface area contributed by atoms with Gasteiger partial charge in [-0.25, -0.2) is 4.98 Å². The van der Waals surface area contributed by atoms with Crippen molar-refractivity contribution in [2.75, 3.05) is 27.2 Å². The maximum atomic E-state index is 6.15. The molecule has 0 atom stereocenters. The summed E-state index contributed by atoms with van der Waals surface area (Å²) in [6.07, 6.45) is 0.957. The molecule has 0 aliphatic heterocycles. The van der Waals surface area contributed by atoms with Crippen LogP contribution < -0.4 is 4.74 Å². The molecule has 1 heterocycles. The van der Waals surface area contributed by atoms with Gasteiger partial charge in [0, 0.05) is 17.5 Å². The molecule has 5 heteroatoms. The average Bonchev–Trinajstić information content (AvgIpc) is 2.27. The minimum absolute atomic E-state index is 0.140. The fourth-order valence-electron chi connectivity index (χ4n) is 1.50. The van der Waals surface area contributed by atoms with E-state index in [0.29, 0.717) is 23.5 Å². The van der Waals surface area contributed by atoms with Crippen molar-refractivity contribution >= 4 is 11.6 Å². The molecule has 19 heavy (non-hydrogen) atoms. The molecule has 108 valence electrons. The third kappa shape index (κ3) is 4.96. The van der Waals surface area contributed by atoms with E-state index in [-0.39, 0.29) is 5.41 Å². The van der Waals surface area contributed by atoms with E-state index < -0.39 is 0 Å². The number of rotatable bonds is 5. The quantitative estimate of drug-likeness (QED) is 0.616. The molecule has 0 fully saturated rings. The minimum Gasteiger partial charge on any atom is -0.477 e. The van der Waals surface area contributed by atoms with Gasteiger partial charge in [0.2, 0.25) is 5.88 Å². The monoisotopic (exact) mass is 285 g/mol. The molecule has 0 spiro atoms. The number of ether oxygens (including phenoxy) is 1. The Morgan fingerprint density at radius 2 is 1.84 bits per heavy atom. The number of nitrogens with zero attached hydrogens (tertiary/aromatic N) is 3. The van der Waals surface area contributed by atoms with Crippen molar-refractivity contribution in [3.63, 3.8) is 0 Å². The lowest BCUT2D eigenvalue weighted by atomic mass is 9.96. The number of hydrogen-bond acceptors (Lipinski definition) is 4. The first-order chi connectivity index (χ1) is 8.71. The molecule has 0 amide bonds. The predicted octanol–water partition coefficient (Wildman–Crippen LogP) is 3.07. The van der Waals surface area contributed by atoms with Crippen LogP contribution in [0.25, 0.3) is 0 Å². The van der Waals surface area contributed by atoms with Crippen molar-refractivity contribution < 1.29 is 4.74 Å². The van der Waals surface area contributed by atoms with E-state index in [0.717, 1.165) is 18.5 Å². The van der Waals surface area contributed by atoms with Gasteiger partial charge in [0.15, 0.2) is 0 Å². The fraction of sp³-hybridized carbons (Fsp3) is 0.714. The maximum absolute atomic E-state index is 6.15. The molecule has 0 aromatic carbocycles. The number of halogens is 1. The zero-order valence-corrected chi connectivity index (χ0v) is 13.5. The minimum atomic E-state index is -0.140. The van der Waals surface area contributed by atoms with Crippen LogP contribution in [0.2, 0.25) is 5.15 Å². The van der Waals surface area contributed by atoms with Crippen LogP contribution in [0.5, 0.6) is 5.88 Å². The van der Waals surface area contributed by atoms with Crippen LogP contribution in [0.15, 0.2) is 0 Å². The van der Waals surface area contributed by atoms with Gasteiger partial charge in [0.05, 0.1) is 6.61 Å². The molecule has 4 nitrogen and oxygen atoms in total. The second kappa shape index (κ2) is 6.53. The summed E-state index contributed by atoms with van der Waals surface area (Å²) in [5, 5.41) is 0.475. The highest BCUT2D eigenvalue weighted by atomic mass is 35.5. The van der Waals surface area contributed by atoms with Gasteiger partial charge in [-0.2, -0.15) is 4.98 Å². The van der Waals surface area contributed by atoms with Crippen molar-refractivity contribution in [1.29, 1.82) is 0 Å². The van der Waals surface area contributed by atoms with E-state index in [2.05, 4.69) is 35.6 Å². The molecule has 0 aliphatic carbocycles. The van der Waals surface area contributed by atoms with Crippen molar-refractivity contribution in [3.8, 4) is 5.88 Å². The highest BCUT2D eigenvalue weighted by Gasteiger charge is 2.21. The smallest absolute Gasteiger partial charge is 0.221 e. The Labute approximate surface area is 121 Å². The second-order valence-corrected chi connectivity index (χ2v) is 6.38. The van der Waals surface area contributed by atoms with E-state index in [9.17, 15) is 0 Å². The number of aromatic nitrogens is 2. The van der Waals surface area contributed by atoms with Crippen molar-refractivity contribution in [2.45, 2.75) is 39.5 Å². The van der Waals surface area contributed by atoms with Crippen LogP contribution in [-0.4, -0.2) is 42.1 Å². The average molecular weight is 286 g/mol. The Morgan fingerprint density at radius 3 is 2.37 bits per heavy atom. The van der Waals surface area contributed by atoms with E-state index in [1.165, 1.54) is 0 Å². The zero-order valence-electron chi connectivity index (χ0n) is 12.7. The van der Waals surface area contributed by atoms with Gasteiger partial charge in [-0.15, -0.1) is 0 Å². The van der Waals surface area contributed by atoms with Gasteiger partial charge < -0.3 is 9.64 Å². The van der Waals surface area contributed by atoms with E-state index in [4.69, 9.17) is 16.3 Å². The van der Waals surface area contributed by atoms with Gasteiger partial charge in [-0.3, -0.25) is 0 Å². The third-order valence-corrected chi connectivity index (χ3v) is 3.07. The Bertz CT molecular complexity index is 427. The van der Waals surface area contributed by atoms with E-state index >= 15 is 0 Å². The van der Waals surface area contributed by atoms with Crippen LogP contribution in [-0.2, 0) is 5.41 Å². The predicted molar refractivity (Wildman–Crippen MR) is 79.1 cm³/mol. The first kappa shape index (κ1) is 16.2. The summed E-state index contributed by atoms with van der Waals surface area (Å²) in [5.74, 6) is 1.31. The molecular weight excluding hydrogens is 262 g/mol. The Morgan fingerprint density at radius 1 is 1.21 bits per heavy atom.